The number of hydrogen-bond acceptors (Lipinski definition) is 2. The van der Waals surface area contributed by atoms with Crippen molar-refractivity contribution in [3.63, 3.8) is 0 Å². The first kappa shape index (κ1) is 12.0. The summed E-state index contributed by atoms with van der Waals surface area (Å²) in [4.78, 5) is 0. The van der Waals surface area contributed by atoms with Crippen molar-refractivity contribution in [1.29, 1.82) is 0 Å². The van der Waals surface area contributed by atoms with Crippen molar-refractivity contribution in [3.05, 3.63) is 0 Å². The molecule has 0 aliphatic carbocycles. The first-order valence-corrected chi connectivity index (χ1v) is 7.09. The molecular formula is C11H22O2S. The quantitative estimate of drug-likeness (QED) is 0.626. The van der Waals surface area contributed by atoms with E-state index in [0.717, 1.165) is 6.42 Å². The molecule has 0 radical (unpaired) electrons. The Kier molecular flexibility index (Phi) is 3.01. The topological polar surface area (TPSA) is 34.1 Å². The first-order valence-electron chi connectivity index (χ1n) is 5.38. The van der Waals surface area contributed by atoms with Crippen molar-refractivity contribution in [3.8, 4) is 0 Å². The summed E-state index contributed by atoms with van der Waals surface area (Å²) in [6, 6.07) is 0. The molecule has 1 heterocycles. The lowest BCUT2D eigenvalue weighted by Gasteiger charge is -2.41. The van der Waals surface area contributed by atoms with Crippen molar-refractivity contribution < 1.29 is 8.42 Å². The summed E-state index contributed by atoms with van der Waals surface area (Å²) < 4.78 is 23.3. The van der Waals surface area contributed by atoms with Gasteiger partial charge in [0, 0.05) is 0 Å². The molecule has 3 unspecified atom stereocenters. The summed E-state index contributed by atoms with van der Waals surface area (Å²) in [5.41, 5.74) is 0.226. The Balaban J connectivity index is 2.91. The monoisotopic (exact) mass is 218 g/mol. The van der Waals surface area contributed by atoms with Gasteiger partial charge in [0.15, 0.2) is 9.84 Å². The summed E-state index contributed by atoms with van der Waals surface area (Å²) >= 11 is 0. The van der Waals surface area contributed by atoms with Crippen LogP contribution in [0.3, 0.4) is 0 Å². The Hall–Kier alpha value is -0.0500. The number of sulfone groups is 1. The molecule has 0 bridgehead atoms. The fourth-order valence-electron chi connectivity index (χ4n) is 2.62. The lowest BCUT2D eigenvalue weighted by molar-refractivity contribution is 0.153. The Morgan fingerprint density at radius 1 is 1.14 bits per heavy atom. The second-order valence-electron chi connectivity index (χ2n) is 5.69. The van der Waals surface area contributed by atoms with Crippen LogP contribution in [0.5, 0.6) is 0 Å². The Morgan fingerprint density at radius 3 is 2.07 bits per heavy atom. The van der Waals surface area contributed by atoms with Gasteiger partial charge in [0.1, 0.15) is 0 Å². The summed E-state index contributed by atoms with van der Waals surface area (Å²) in [7, 11) is -2.80. The van der Waals surface area contributed by atoms with Crippen LogP contribution in [0.2, 0.25) is 0 Å². The Labute approximate surface area is 88.0 Å². The minimum atomic E-state index is -2.80. The maximum atomic E-state index is 11.7. The second-order valence-corrected chi connectivity index (χ2v) is 8.17. The van der Waals surface area contributed by atoms with Gasteiger partial charge in [-0.3, -0.25) is 0 Å². The molecule has 3 atom stereocenters. The summed E-state index contributed by atoms with van der Waals surface area (Å²) in [6.07, 6.45) is 0.831. The fraction of sp³-hybridized carbons (Fsp3) is 1.00. The summed E-state index contributed by atoms with van der Waals surface area (Å²) in [5.74, 6) is 1.19. The van der Waals surface area contributed by atoms with Gasteiger partial charge in [-0.25, -0.2) is 8.42 Å². The van der Waals surface area contributed by atoms with E-state index in [1.54, 1.807) is 0 Å². The van der Waals surface area contributed by atoms with Gasteiger partial charge in [0.25, 0.3) is 0 Å². The highest BCUT2D eigenvalue weighted by Crippen LogP contribution is 2.41. The Morgan fingerprint density at radius 2 is 1.64 bits per heavy atom. The van der Waals surface area contributed by atoms with Crippen LogP contribution >= 0.6 is 0 Å². The third-order valence-corrected chi connectivity index (χ3v) is 6.13. The molecule has 0 saturated carbocycles. The average molecular weight is 218 g/mol. The van der Waals surface area contributed by atoms with Crippen LogP contribution in [-0.2, 0) is 9.84 Å². The highest BCUT2D eigenvalue weighted by molar-refractivity contribution is 7.92. The van der Waals surface area contributed by atoms with E-state index in [9.17, 15) is 8.42 Å². The van der Waals surface area contributed by atoms with Crippen LogP contribution in [-0.4, -0.2) is 19.4 Å². The molecule has 1 aliphatic rings. The summed E-state index contributed by atoms with van der Waals surface area (Å²) in [5, 5.41) is -0.166. The minimum Gasteiger partial charge on any atom is -0.229 e. The zero-order valence-corrected chi connectivity index (χ0v) is 10.7. The SMILES string of the molecule is CC1C(C(C)(C)C)CCS(=O)(=O)C1C. The average Bonchev–Trinajstić information content (AvgIpc) is 1.97. The Bertz CT molecular complexity index is 298. The highest BCUT2D eigenvalue weighted by atomic mass is 32.2. The second kappa shape index (κ2) is 3.51. The van der Waals surface area contributed by atoms with Crippen LogP contribution in [0.15, 0.2) is 0 Å². The third kappa shape index (κ3) is 2.13. The van der Waals surface area contributed by atoms with E-state index in [2.05, 4.69) is 27.7 Å². The van der Waals surface area contributed by atoms with Gasteiger partial charge in [-0.15, -0.1) is 0 Å². The molecular weight excluding hydrogens is 196 g/mol. The van der Waals surface area contributed by atoms with Gasteiger partial charge in [0.2, 0.25) is 0 Å². The smallest absolute Gasteiger partial charge is 0.153 e. The van der Waals surface area contributed by atoms with Gasteiger partial charge in [-0.2, -0.15) is 0 Å². The molecule has 0 aromatic rings. The van der Waals surface area contributed by atoms with E-state index < -0.39 is 9.84 Å². The van der Waals surface area contributed by atoms with Gasteiger partial charge in [-0.05, 0) is 30.6 Å². The van der Waals surface area contributed by atoms with Crippen molar-refractivity contribution in [2.24, 2.45) is 17.3 Å². The predicted molar refractivity (Wildman–Crippen MR) is 60.0 cm³/mol. The molecule has 1 fully saturated rings. The normalized spacial score (nSPS) is 38.2. The molecule has 0 amide bonds. The summed E-state index contributed by atoms with van der Waals surface area (Å²) in [6.45, 7) is 10.6. The number of rotatable bonds is 0. The zero-order valence-electron chi connectivity index (χ0n) is 9.87. The largest absolute Gasteiger partial charge is 0.229 e. The van der Waals surface area contributed by atoms with Crippen LogP contribution in [0.4, 0.5) is 0 Å². The van der Waals surface area contributed by atoms with Gasteiger partial charge in [0.05, 0.1) is 11.0 Å². The van der Waals surface area contributed by atoms with E-state index in [1.165, 1.54) is 0 Å². The van der Waals surface area contributed by atoms with Crippen molar-refractivity contribution in [1.82, 2.24) is 0 Å². The molecule has 0 aromatic heterocycles. The van der Waals surface area contributed by atoms with Gasteiger partial charge in [-0.1, -0.05) is 27.7 Å². The molecule has 3 heteroatoms. The molecule has 84 valence electrons. The lowest BCUT2D eigenvalue weighted by atomic mass is 9.71. The van der Waals surface area contributed by atoms with E-state index >= 15 is 0 Å². The molecule has 2 nitrogen and oxygen atoms in total. The van der Waals surface area contributed by atoms with E-state index in [-0.39, 0.29) is 16.6 Å². The molecule has 0 spiro atoms. The number of hydrogen-bond donors (Lipinski definition) is 0. The van der Waals surface area contributed by atoms with Crippen LogP contribution in [0.1, 0.15) is 41.0 Å². The molecule has 1 saturated heterocycles. The lowest BCUT2D eigenvalue weighted by Crippen LogP contribution is -2.43. The van der Waals surface area contributed by atoms with Gasteiger partial charge >= 0.3 is 0 Å². The van der Waals surface area contributed by atoms with Crippen LogP contribution < -0.4 is 0 Å². The fourth-order valence-corrected chi connectivity index (χ4v) is 4.41. The van der Waals surface area contributed by atoms with Crippen molar-refractivity contribution in [2.75, 3.05) is 5.75 Å². The zero-order chi connectivity index (χ0) is 11.1. The van der Waals surface area contributed by atoms with Crippen LogP contribution in [0.25, 0.3) is 0 Å². The molecule has 0 N–H and O–H groups in total. The maximum absolute atomic E-state index is 11.7. The molecule has 14 heavy (non-hydrogen) atoms. The third-order valence-electron chi connectivity index (χ3n) is 3.77. The molecule has 1 rings (SSSR count). The first-order chi connectivity index (χ1) is 6.16. The van der Waals surface area contributed by atoms with Crippen LogP contribution in [0, 0.1) is 17.3 Å². The molecule has 1 aliphatic heterocycles. The standard InChI is InChI=1S/C11H22O2S/c1-8-9(2)14(12,13)7-6-10(8)11(3,4)5/h8-10H,6-7H2,1-5H3. The minimum absolute atomic E-state index is 0.166. The molecule has 0 aromatic carbocycles. The van der Waals surface area contributed by atoms with Crippen molar-refractivity contribution in [2.45, 2.75) is 46.3 Å². The predicted octanol–water partition coefficient (Wildman–Crippen LogP) is 2.49. The van der Waals surface area contributed by atoms with Gasteiger partial charge < -0.3 is 0 Å². The van der Waals surface area contributed by atoms with Crippen molar-refractivity contribution >= 4 is 9.84 Å². The van der Waals surface area contributed by atoms with E-state index in [1.807, 2.05) is 6.92 Å². The highest BCUT2D eigenvalue weighted by Gasteiger charge is 2.41. The van der Waals surface area contributed by atoms with E-state index in [0.29, 0.717) is 11.7 Å². The van der Waals surface area contributed by atoms with E-state index in [4.69, 9.17) is 0 Å². The maximum Gasteiger partial charge on any atom is 0.153 e.